The van der Waals surface area contributed by atoms with Gasteiger partial charge in [0.05, 0.1) is 12.8 Å². The maximum Gasteiger partial charge on any atom is 0.307 e. The van der Waals surface area contributed by atoms with Crippen LogP contribution in [0.5, 0.6) is 0 Å². The minimum absolute atomic E-state index is 0.0803. The van der Waals surface area contributed by atoms with Crippen LogP contribution in [0.1, 0.15) is 56.2 Å². The van der Waals surface area contributed by atoms with E-state index in [-0.39, 0.29) is 12.8 Å². The number of ether oxygens (including phenoxy) is 1. The normalized spacial score (nSPS) is 11.3. The molecule has 0 radical (unpaired) electrons. The van der Waals surface area contributed by atoms with E-state index in [1.54, 1.807) is 11.3 Å². The molecule has 0 aliphatic rings. The Bertz CT molecular complexity index is 460. The predicted molar refractivity (Wildman–Crippen MR) is 78.9 cm³/mol. The minimum Gasteiger partial charge on any atom is -0.481 e. The molecule has 0 unspecified atom stereocenters. The van der Waals surface area contributed by atoms with Crippen LogP contribution in [0.2, 0.25) is 0 Å². The van der Waals surface area contributed by atoms with Crippen molar-refractivity contribution in [2.45, 2.75) is 58.5 Å². The van der Waals surface area contributed by atoms with Gasteiger partial charge in [-0.05, 0) is 31.4 Å². The molecule has 1 aromatic rings. The molecule has 0 amide bonds. The van der Waals surface area contributed by atoms with Crippen molar-refractivity contribution in [3.63, 3.8) is 0 Å². The highest BCUT2D eigenvalue weighted by Crippen LogP contribution is 2.38. The molecule has 0 saturated carbocycles. The third-order valence-corrected chi connectivity index (χ3v) is 4.87. The zero-order valence-corrected chi connectivity index (χ0v) is 13.1. The molecule has 0 bridgehead atoms. The quantitative estimate of drug-likeness (QED) is 0.743. The van der Waals surface area contributed by atoms with E-state index in [1.807, 2.05) is 19.9 Å². The summed E-state index contributed by atoms with van der Waals surface area (Å²) in [6.45, 7) is 6.06. The van der Waals surface area contributed by atoms with Crippen LogP contribution < -0.4 is 0 Å². The monoisotopic (exact) mass is 298 g/mol. The summed E-state index contributed by atoms with van der Waals surface area (Å²) in [5.41, 5.74) is -0.617. The van der Waals surface area contributed by atoms with Crippen LogP contribution in [-0.2, 0) is 26.3 Å². The first-order valence-corrected chi connectivity index (χ1v) is 7.81. The van der Waals surface area contributed by atoms with E-state index in [0.717, 1.165) is 11.3 Å². The lowest BCUT2D eigenvalue weighted by Crippen LogP contribution is -2.30. The summed E-state index contributed by atoms with van der Waals surface area (Å²) in [4.78, 5) is 24.7. The van der Waals surface area contributed by atoms with Crippen molar-refractivity contribution >= 4 is 23.3 Å². The van der Waals surface area contributed by atoms with E-state index in [9.17, 15) is 9.59 Å². The Kier molecular flexibility index (Phi) is 6.20. The number of carboxylic acid groups (broad SMARTS) is 1. The molecule has 0 atom stereocenters. The van der Waals surface area contributed by atoms with Crippen molar-refractivity contribution in [3.05, 3.63) is 21.9 Å². The summed E-state index contributed by atoms with van der Waals surface area (Å²) in [5.74, 6) is -1.42. The number of aliphatic carboxylic acids is 1. The van der Waals surface area contributed by atoms with Crippen molar-refractivity contribution in [1.82, 2.24) is 0 Å². The van der Waals surface area contributed by atoms with Crippen LogP contribution in [0.15, 0.2) is 12.1 Å². The van der Waals surface area contributed by atoms with E-state index in [2.05, 4.69) is 13.0 Å². The molecule has 1 rings (SSSR count). The highest BCUT2D eigenvalue weighted by atomic mass is 32.1. The van der Waals surface area contributed by atoms with Gasteiger partial charge in [0.2, 0.25) is 0 Å². The van der Waals surface area contributed by atoms with Crippen LogP contribution in [0.3, 0.4) is 0 Å². The molecule has 1 heterocycles. The van der Waals surface area contributed by atoms with Gasteiger partial charge in [-0.3, -0.25) is 9.59 Å². The van der Waals surface area contributed by atoms with Crippen molar-refractivity contribution in [3.8, 4) is 0 Å². The fraction of sp³-hybridized carbons (Fsp3) is 0.600. The van der Waals surface area contributed by atoms with Gasteiger partial charge in [-0.15, -0.1) is 11.3 Å². The maximum atomic E-state index is 11.8. The van der Waals surface area contributed by atoms with E-state index < -0.39 is 17.5 Å². The SMILES string of the molecule is CCc1ccc(C(CC)(CC)OC(=O)CCC(=O)O)s1. The summed E-state index contributed by atoms with van der Waals surface area (Å²) in [6, 6.07) is 4.08. The first-order valence-electron chi connectivity index (χ1n) is 7.00. The van der Waals surface area contributed by atoms with Crippen molar-refractivity contribution in [1.29, 1.82) is 0 Å². The maximum absolute atomic E-state index is 11.8. The lowest BCUT2D eigenvalue weighted by atomic mass is 9.95. The number of carbonyl (C=O) groups excluding carboxylic acids is 1. The van der Waals surface area contributed by atoms with Crippen LogP contribution in [0, 0.1) is 0 Å². The topological polar surface area (TPSA) is 63.6 Å². The standard InChI is InChI=1S/C15H22O4S/c1-4-11-7-8-12(20-11)15(5-2,6-3)19-14(18)10-9-13(16)17/h7-8H,4-6,9-10H2,1-3H3,(H,16,17). The highest BCUT2D eigenvalue weighted by molar-refractivity contribution is 7.12. The van der Waals surface area contributed by atoms with Gasteiger partial charge in [-0.2, -0.15) is 0 Å². The predicted octanol–water partition coefficient (Wildman–Crippen LogP) is 3.73. The Morgan fingerprint density at radius 1 is 1.20 bits per heavy atom. The van der Waals surface area contributed by atoms with Crippen LogP contribution >= 0.6 is 11.3 Å². The van der Waals surface area contributed by atoms with Gasteiger partial charge in [-0.25, -0.2) is 0 Å². The van der Waals surface area contributed by atoms with Gasteiger partial charge in [0.1, 0.15) is 5.60 Å². The average molecular weight is 298 g/mol. The largest absolute Gasteiger partial charge is 0.481 e. The fourth-order valence-corrected chi connectivity index (χ4v) is 3.30. The Morgan fingerprint density at radius 2 is 1.85 bits per heavy atom. The number of esters is 1. The molecule has 0 fully saturated rings. The van der Waals surface area contributed by atoms with Crippen molar-refractivity contribution in [2.24, 2.45) is 0 Å². The fourth-order valence-electron chi connectivity index (χ4n) is 2.08. The van der Waals surface area contributed by atoms with E-state index >= 15 is 0 Å². The molecule has 0 spiro atoms. The second-order valence-corrected chi connectivity index (χ2v) is 5.86. The smallest absolute Gasteiger partial charge is 0.307 e. The van der Waals surface area contributed by atoms with Gasteiger partial charge in [-0.1, -0.05) is 20.8 Å². The third-order valence-electron chi connectivity index (χ3n) is 3.45. The van der Waals surface area contributed by atoms with Crippen LogP contribution in [-0.4, -0.2) is 17.0 Å². The summed E-state index contributed by atoms with van der Waals surface area (Å²) in [6.07, 6.45) is 2.06. The van der Waals surface area contributed by atoms with E-state index in [0.29, 0.717) is 12.8 Å². The van der Waals surface area contributed by atoms with Crippen LogP contribution in [0.4, 0.5) is 0 Å². The first-order chi connectivity index (χ1) is 9.47. The molecular formula is C15H22O4S. The Balaban J connectivity index is 2.85. The summed E-state index contributed by atoms with van der Waals surface area (Å²) < 4.78 is 5.64. The first kappa shape index (κ1) is 16.7. The lowest BCUT2D eigenvalue weighted by Gasteiger charge is -2.30. The zero-order chi connectivity index (χ0) is 15.2. The molecule has 0 aliphatic carbocycles. The molecule has 20 heavy (non-hydrogen) atoms. The van der Waals surface area contributed by atoms with E-state index in [4.69, 9.17) is 9.84 Å². The molecule has 0 aromatic carbocycles. The summed E-state index contributed by atoms with van der Waals surface area (Å²) in [7, 11) is 0. The van der Waals surface area contributed by atoms with Gasteiger partial charge in [0.15, 0.2) is 0 Å². The molecule has 1 N–H and O–H groups in total. The summed E-state index contributed by atoms with van der Waals surface area (Å²) in [5, 5.41) is 8.62. The van der Waals surface area contributed by atoms with Gasteiger partial charge >= 0.3 is 11.9 Å². The van der Waals surface area contributed by atoms with Crippen LogP contribution in [0.25, 0.3) is 0 Å². The average Bonchev–Trinajstić information content (AvgIpc) is 2.92. The lowest BCUT2D eigenvalue weighted by molar-refractivity contribution is -0.163. The number of carbonyl (C=O) groups is 2. The Hall–Kier alpha value is -1.36. The Labute approximate surface area is 123 Å². The van der Waals surface area contributed by atoms with Gasteiger partial charge in [0, 0.05) is 9.75 Å². The zero-order valence-electron chi connectivity index (χ0n) is 12.3. The number of hydrogen-bond acceptors (Lipinski definition) is 4. The molecule has 112 valence electrons. The third kappa shape index (κ3) is 4.07. The summed E-state index contributed by atoms with van der Waals surface area (Å²) >= 11 is 1.66. The van der Waals surface area contributed by atoms with Crippen molar-refractivity contribution < 1.29 is 19.4 Å². The number of carboxylic acids is 1. The second kappa shape index (κ2) is 7.43. The van der Waals surface area contributed by atoms with Gasteiger partial charge in [0.25, 0.3) is 0 Å². The second-order valence-electron chi connectivity index (χ2n) is 4.69. The molecule has 4 nitrogen and oxygen atoms in total. The highest BCUT2D eigenvalue weighted by Gasteiger charge is 2.34. The number of rotatable bonds is 8. The molecule has 0 saturated heterocycles. The Morgan fingerprint density at radius 3 is 2.30 bits per heavy atom. The molecule has 1 aromatic heterocycles. The molecule has 5 heteroatoms. The number of hydrogen-bond donors (Lipinski definition) is 1. The molecular weight excluding hydrogens is 276 g/mol. The van der Waals surface area contributed by atoms with E-state index in [1.165, 1.54) is 4.88 Å². The molecule has 0 aliphatic heterocycles. The minimum atomic E-state index is -0.982. The van der Waals surface area contributed by atoms with Gasteiger partial charge < -0.3 is 9.84 Å². The number of thiophene rings is 1. The van der Waals surface area contributed by atoms with Crippen molar-refractivity contribution in [2.75, 3.05) is 0 Å². The number of aryl methyl sites for hydroxylation is 1.